The zero-order valence-electron chi connectivity index (χ0n) is 12.5. The van der Waals surface area contributed by atoms with Gasteiger partial charge in [0.15, 0.2) is 17.4 Å². The van der Waals surface area contributed by atoms with E-state index in [1.54, 1.807) is 7.05 Å². The third-order valence-corrected chi connectivity index (χ3v) is 4.46. The molecule has 1 saturated heterocycles. The number of rotatable bonds is 3. The van der Waals surface area contributed by atoms with Crippen LogP contribution in [-0.4, -0.2) is 58.0 Å². The van der Waals surface area contributed by atoms with Crippen LogP contribution in [0.25, 0.3) is 0 Å². The number of amidine groups is 1. The second-order valence-electron chi connectivity index (χ2n) is 5.28. The van der Waals surface area contributed by atoms with Crippen molar-refractivity contribution in [2.45, 2.75) is 39.0 Å². The van der Waals surface area contributed by atoms with Crippen molar-refractivity contribution in [1.29, 1.82) is 0 Å². The molecule has 0 spiro atoms. The largest absolute Gasteiger partial charge is 0.333 e. The average molecular weight is 331 g/mol. The van der Waals surface area contributed by atoms with Gasteiger partial charge in [0, 0.05) is 23.9 Å². The van der Waals surface area contributed by atoms with Crippen molar-refractivity contribution >= 4 is 40.5 Å². The summed E-state index contributed by atoms with van der Waals surface area (Å²) in [5, 5.41) is 3.86. The molecule has 8 heteroatoms. The first kappa shape index (κ1) is 16.2. The molecule has 21 heavy (non-hydrogen) atoms. The topological polar surface area (TPSA) is 65.0 Å². The number of urea groups is 1. The van der Waals surface area contributed by atoms with Crippen LogP contribution in [0.5, 0.6) is 0 Å². The molecule has 0 radical (unpaired) electrons. The second-order valence-corrected chi connectivity index (χ2v) is 6.86. The van der Waals surface area contributed by atoms with E-state index in [4.69, 9.17) is 11.6 Å². The van der Waals surface area contributed by atoms with Gasteiger partial charge in [-0.05, 0) is 20.8 Å². The molecule has 0 aromatic rings. The smallest absolute Gasteiger partial charge is 0.325 e. The van der Waals surface area contributed by atoms with E-state index in [0.717, 1.165) is 10.2 Å². The molecule has 2 heterocycles. The molecule has 116 valence electrons. The highest BCUT2D eigenvalue weighted by molar-refractivity contribution is 8.13. The molecule has 0 saturated carbocycles. The van der Waals surface area contributed by atoms with Gasteiger partial charge in [0.2, 0.25) is 0 Å². The molecule has 2 aliphatic rings. The maximum atomic E-state index is 12.2. The summed E-state index contributed by atoms with van der Waals surface area (Å²) in [5.74, 6) is 0.385. The lowest BCUT2D eigenvalue weighted by atomic mass is 10.1. The Morgan fingerprint density at radius 1 is 1.52 bits per heavy atom. The summed E-state index contributed by atoms with van der Waals surface area (Å²) in [7, 11) is 1.65. The first-order valence-corrected chi connectivity index (χ1v) is 8.08. The number of nitrogens with zero attached hydrogens (tertiary/aromatic N) is 3. The number of allylic oxidation sites excluding steroid dienone is 1. The van der Waals surface area contributed by atoms with E-state index in [1.165, 1.54) is 16.7 Å². The van der Waals surface area contributed by atoms with Gasteiger partial charge in [0.25, 0.3) is 5.91 Å². The standard InChI is InChI=1S/C13H19ClN4O2S/c1-7(2)18-9-10(17(4)12(20)16-11(9)19)15-13(18)21-6-5-8(3)14/h5,7,9-10H,6H2,1-4H3,(H,16,19,20)/b8-5-. The van der Waals surface area contributed by atoms with E-state index in [2.05, 4.69) is 10.3 Å². The van der Waals surface area contributed by atoms with Crippen LogP contribution in [-0.2, 0) is 4.79 Å². The van der Waals surface area contributed by atoms with Gasteiger partial charge in [-0.15, -0.1) is 0 Å². The summed E-state index contributed by atoms with van der Waals surface area (Å²) in [6.45, 7) is 5.83. The van der Waals surface area contributed by atoms with Gasteiger partial charge in [0.05, 0.1) is 0 Å². The Balaban J connectivity index is 2.24. The minimum Gasteiger partial charge on any atom is -0.333 e. The fraction of sp³-hybridized carbons (Fsp3) is 0.615. The van der Waals surface area contributed by atoms with Gasteiger partial charge in [-0.3, -0.25) is 10.1 Å². The number of fused-ring (bicyclic) bond motifs is 1. The highest BCUT2D eigenvalue weighted by Gasteiger charge is 2.49. The summed E-state index contributed by atoms with van der Waals surface area (Å²) in [6.07, 6.45) is 1.43. The highest BCUT2D eigenvalue weighted by atomic mass is 35.5. The Hall–Kier alpha value is -1.21. The summed E-state index contributed by atoms with van der Waals surface area (Å²) in [6, 6.07) is -0.757. The van der Waals surface area contributed by atoms with Crippen molar-refractivity contribution in [1.82, 2.24) is 15.1 Å². The Bertz CT molecular complexity index is 516. The maximum Gasteiger partial charge on any atom is 0.325 e. The van der Waals surface area contributed by atoms with E-state index in [0.29, 0.717) is 5.75 Å². The van der Waals surface area contributed by atoms with E-state index < -0.39 is 18.2 Å². The van der Waals surface area contributed by atoms with Gasteiger partial charge in [-0.25, -0.2) is 9.79 Å². The van der Waals surface area contributed by atoms with Gasteiger partial charge < -0.3 is 9.80 Å². The second kappa shape index (κ2) is 6.27. The Morgan fingerprint density at radius 2 is 2.19 bits per heavy atom. The van der Waals surface area contributed by atoms with Crippen LogP contribution in [0.3, 0.4) is 0 Å². The van der Waals surface area contributed by atoms with Crippen LogP contribution in [0.1, 0.15) is 20.8 Å². The molecule has 2 rings (SSSR count). The molecule has 1 N–H and O–H groups in total. The minimum atomic E-state index is -0.462. The lowest BCUT2D eigenvalue weighted by Crippen LogP contribution is -2.64. The maximum absolute atomic E-state index is 12.2. The molecule has 0 aliphatic carbocycles. The molecule has 3 amide bonds. The van der Waals surface area contributed by atoms with Gasteiger partial charge in [0.1, 0.15) is 0 Å². The van der Waals surface area contributed by atoms with Crippen molar-refractivity contribution in [3.63, 3.8) is 0 Å². The number of aliphatic imine (C=N–C) groups is 1. The van der Waals surface area contributed by atoms with Crippen molar-refractivity contribution in [3.8, 4) is 0 Å². The van der Waals surface area contributed by atoms with E-state index in [9.17, 15) is 9.59 Å². The summed E-state index contributed by atoms with van der Waals surface area (Å²) < 4.78 is 0. The van der Waals surface area contributed by atoms with Crippen LogP contribution in [0.15, 0.2) is 16.1 Å². The molecule has 2 unspecified atom stereocenters. The van der Waals surface area contributed by atoms with Gasteiger partial charge in [-0.1, -0.05) is 29.4 Å². The summed E-state index contributed by atoms with van der Waals surface area (Å²) in [5.41, 5.74) is 0. The van der Waals surface area contributed by atoms with E-state index >= 15 is 0 Å². The number of hydrogen-bond donors (Lipinski definition) is 1. The van der Waals surface area contributed by atoms with E-state index in [-0.39, 0.29) is 11.9 Å². The molecule has 2 aliphatic heterocycles. The number of nitrogens with one attached hydrogen (secondary N) is 1. The molecule has 2 atom stereocenters. The number of likely N-dealkylation sites (N-methyl/N-ethyl adjacent to an activating group) is 1. The molecule has 0 aromatic heterocycles. The normalized spacial score (nSPS) is 26.2. The molecule has 6 nitrogen and oxygen atoms in total. The molecule has 0 bridgehead atoms. The van der Waals surface area contributed by atoms with E-state index in [1.807, 2.05) is 31.7 Å². The number of thioether (sulfide) groups is 1. The quantitative estimate of drug-likeness (QED) is 0.857. The highest BCUT2D eigenvalue weighted by Crippen LogP contribution is 2.30. The SMILES string of the molecule is C/C(Cl)=C/CSC1=NC2C(C(=O)NC(=O)N2C)N1C(C)C. The van der Waals surface area contributed by atoms with Crippen LogP contribution in [0.4, 0.5) is 4.79 Å². The Kier molecular flexibility index (Phi) is 4.83. The van der Waals surface area contributed by atoms with Crippen LogP contribution in [0.2, 0.25) is 0 Å². The Morgan fingerprint density at radius 3 is 2.76 bits per heavy atom. The monoisotopic (exact) mass is 330 g/mol. The Labute approximate surface area is 133 Å². The van der Waals surface area contributed by atoms with Gasteiger partial charge in [-0.2, -0.15) is 0 Å². The van der Waals surface area contributed by atoms with Crippen molar-refractivity contribution < 1.29 is 9.59 Å². The first-order chi connectivity index (χ1) is 9.82. The van der Waals surface area contributed by atoms with Crippen LogP contribution < -0.4 is 5.32 Å². The van der Waals surface area contributed by atoms with Crippen molar-refractivity contribution in [3.05, 3.63) is 11.1 Å². The molecule has 0 aromatic carbocycles. The first-order valence-electron chi connectivity index (χ1n) is 6.71. The van der Waals surface area contributed by atoms with Crippen LogP contribution in [0, 0.1) is 0 Å². The average Bonchev–Trinajstić information content (AvgIpc) is 2.76. The molecule has 1 fully saturated rings. The summed E-state index contributed by atoms with van der Waals surface area (Å²) in [4.78, 5) is 31.9. The van der Waals surface area contributed by atoms with Gasteiger partial charge >= 0.3 is 6.03 Å². The zero-order chi connectivity index (χ0) is 15.7. The number of amides is 3. The lowest BCUT2D eigenvalue weighted by molar-refractivity contribution is -0.127. The third-order valence-electron chi connectivity index (χ3n) is 3.39. The predicted molar refractivity (Wildman–Crippen MR) is 85.4 cm³/mol. The fourth-order valence-corrected chi connectivity index (χ4v) is 3.65. The predicted octanol–water partition coefficient (Wildman–Crippen LogP) is 1.82. The molecular weight excluding hydrogens is 312 g/mol. The fourth-order valence-electron chi connectivity index (χ4n) is 2.35. The van der Waals surface area contributed by atoms with Crippen LogP contribution >= 0.6 is 23.4 Å². The molecular formula is C13H19ClN4O2S. The minimum absolute atomic E-state index is 0.111. The number of halogens is 1. The number of hydrogen-bond acceptors (Lipinski definition) is 5. The third kappa shape index (κ3) is 3.18. The lowest BCUT2D eigenvalue weighted by Gasteiger charge is -2.37. The summed E-state index contributed by atoms with van der Waals surface area (Å²) >= 11 is 7.34. The number of carbonyl (C=O) groups is 2. The number of carbonyl (C=O) groups excluding carboxylic acids is 2. The van der Waals surface area contributed by atoms with Crippen molar-refractivity contribution in [2.24, 2.45) is 4.99 Å². The number of imide groups is 1. The zero-order valence-corrected chi connectivity index (χ0v) is 14.0. The van der Waals surface area contributed by atoms with Crippen molar-refractivity contribution in [2.75, 3.05) is 12.8 Å².